The predicted molar refractivity (Wildman–Crippen MR) is 78.9 cm³/mol. The fraction of sp³-hybridized carbons (Fsp3) is 0.286. The molecule has 3 amide bonds. The summed E-state index contributed by atoms with van der Waals surface area (Å²) in [6.45, 7) is 1.70. The molecule has 7 heteroatoms. The van der Waals surface area contributed by atoms with Gasteiger partial charge in [0, 0.05) is 18.5 Å². The summed E-state index contributed by atoms with van der Waals surface area (Å²) in [4.78, 5) is 40.2. The number of rotatable bonds is 3. The number of hydrogen-bond donors (Lipinski definition) is 1. The summed E-state index contributed by atoms with van der Waals surface area (Å²) in [5.74, 6) is -0.952. The number of nitrogens with one attached hydrogen (secondary N) is 1. The number of nitrogens with zero attached hydrogens (tertiary/aromatic N) is 2. The third kappa shape index (κ3) is 2.78. The van der Waals surface area contributed by atoms with E-state index in [1.165, 1.54) is 0 Å². The third-order valence-electron chi connectivity index (χ3n) is 3.24. The molecule has 1 aliphatic rings. The van der Waals surface area contributed by atoms with Crippen molar-refractivity contribution in [3.8, 4) is 0 Å². The quantitative estimate of drug-likeness (QED) is 0.875. The summed E-state index contributed by atoms with van der Waals surface area (Å²) in [5, 5.41) is 3.67. The molecule has 1 saturated heterocycles. The van der Waals surface area contributed by atoms with Crippen LogP contribution in [-0.2, 0) is 14.4 Å². The number of benzene rings is 1. The molecule has 2 aromatic rings. The molecule has 0 radical (unpaired) electrons. The van der Waals surface area contributed by atoms with Crippen LogP contribution in [0.2, 0.25) is 0 Å². The van der Waals surface area contributed by atoms with E-state index < -0.39 is 0 Å². The molecule has 1 aliphatic heterocycles. The molecule has 0 atom stereocenters. The van der Waals surface area contributed by atoms with Crippen molar-refractivity contribution in [2.75, 3.05) is 11.9 Å². The molecule has 21 heavy (non-hydrogen) atoms. The Morgan fingerprint density at radius 1 is 1.33 bits per heavy atom. The second kappa shape index (κ2) is 5.25. The Balaban J connectivity index is 1.71. The number of thiazole rings is 1. The average Bonchev–Trinajstić information content (AvgIpc) is 2.94. The number of carbonyl (C=O) groups excluding carboxylic acids is 3. The van der Waals surface area contributed by atoms with E-state index in [1.807, 2.05) is 19.1 Å². The van der Waals surface area contributed by atoms with Crippen molar-refractivity contribution in [3.05, 3.63) is 23.2 Å². The Morgan fingerprint density at radius 2 is 2.05 bits per heavy atom. The number of likely N-dealkylation sites (tertiary alicyclic amines) is 1. The highest BCUT2D eigenvalue weighted by Gasteiger charge is 2.30. The second-order valence-corrected chi connectivity index (χ2v) is 6.07. The van der Waals surface area contributed by atoms with Gasteiger partial charge in [0.1, 0.15) is 6.54 Å². The first-order valence-electron chi connectivity index (χ1n) is 6.53. The van der Waals surface area contributed by atoms with Crippen LogP contribution in [0, 0.1) is 6.92 Å². The highest BCUT2D eigenvalue weighted by molar-refractivity contribution is 7.18. The first-order valence-corrected chi connectivity index (χ1v) is 7.35. The van der Waals surface area contributed by atoms with E-state index in [0.717, 1.165) is 20.1 Å². The molecule has 0 saturated carbocycles. The molecule has 0 unspecified atom stereocenters. The first kappa shape index (κ1) is 13.7. The smallest absolute Gasteiger partial charge is 0.244 e. The SMILES string of the molecule is Cc1nc2ccc(NC(=O)CN3C(=O)CCC3=O)cc2s1. The maximum atomic E-state index is 11.9. The van der Waals surface area contributed by atoms with Gasteiger partial charge in [-0.25, -0.2) is 4.98 Å². The molecule has 1 aromatic carbocycles. The fourth-order valence-electron chi connectivity index (χ4n) is 2.26. The van der Waals surface area contributed by atoms with E-state index in [0.29, 0.717) is 5.69 Å². The molecule has 3 rings (SSSR count). The minimum absolute atomic E-state index is 0.193. The minimum Gasteiger partial charge on any atom is -0.324 e. The lowest BCUT2D eigenvalue weighted by Gasteiger charge is -2.13. The number of aryl methyl sites for hydroxylation is 1. The van der Waals surface area contributed by atoms with Gasteiger partial charge in [-0.2, -0.15) is 0 Å². The standard InChI is InChI=1S/C14H13N3O3S/c1-8-15-10-3-2-9(6-11(10)21-8)16-12(18)7-17-13(19)4-5-14(17)20/h2-3,6H,4-5,7H2,1H3,(H,16,18). The molecule has 1 fully saturated rings. The van der Waals surface area contributed by atoms with Gasteiger partial charge in [-0.05, 0) is 25.1 Å². The molecular formula is C14H13N3O3S. The summed E-state index contributed by atoms with van der Waals surface area (Å²) in [5.41, 5.74) is 1.52. The third-order valence-corrected chi connectivity index (χ3v) is 4.17. The van der Waals surface area contributed by atoms with E-state index >= 15 is 0 Å². The summed E-state index contributed by atoms with van der Waals surface area (Å²) in [7, 11) is 0. The molecule has 2 heterocycles. The van der Waals surface area contributed by atoms with Crippen LogP contribution >= 0.6 is 11.3 Å². The van der Waals surface area contributed by atoms with E-state index in [1.54, 1.807) is 17.4 Å². The number of amides is 3. The molecule has 0 spiro atoms. The zero-order chi connectivity index (χ0) is 15.0. The summed E-state index contributed by atoms with van der Waals surface area (Å²) < 4.78 is 0.985. The van der Waals surface area contributed by atoms with Gasteiger partial charge in [-0.3, -0.25) is 19.3 Å². The lowest BCUT2D eigenvalue weighted by atomic mass is 10.3. The average molecular weight is 303 g/mol. The van der Waals surface area contributed by atoms with Crippen molar-refractivity contribution >= 4 is 45.0 Å². The Hall–Kier alpha value is -2.28. The van der Waals surface area contributed by atoms with Gasteiger partial charge >= 0.3 is 0 Å². The molecule has 0 aliphatic carbocycles. The predicted octanol–water partition coefficient (Wildman–Crippen LogP) is 1.69. The van der Waals surface area contributed by atoms with Gasteiger partial charge in [0.05, 0.1) is 15.2 Å². The molecule has 0 bridgehead atoms. The summed E-state index contributed by atoms with van der Waals surface area (Å²) >= 11 is 1.55. The molecule has 1 N–H and O–H groups in total. The molecule has 6 nitrogen and oxygen atoms in total. The van der Waals surface area contributed by atoms with Gasteiger partial charge in [-0.1, -0.05) is 0 Å². The number of hydrogen-bond acceptors (Lipinski definition) is 5. The van der Waals surface area contributed by atoms with Crippen LogP contribution in [0.5, 0.6) is 0 Å². The highest BCUT2D eigenvalue weighted by Crippen LogP contribution is 2.24. The topological polar surface area (TPSA) is 79.4 Å². The Kier molecular flexibility index (Phi) is 3.42. The number of fused-ring (bicyclic) bond motifs is 1. The highest BCUT2D eigenvalue weighted by atomic mass is 32.1. The van der Waals surface area contributed by atoms with Gasteiger partial charge in [0.25, 0.3) is 0 Å². The van der Waals surface area contributed by atoms with E-state index in [-0.39, 0.29) is 37.1 Å². The Bertz CT molecular complexity index is 737. The molecule has 1 aromatic heterocycles. The van der Waals surface area contributed by atoms with Gasteiger partial charge in [-0.15, -0.1) is 11.3 Å². The van der Waals surface area contributed by atoms with Crippen molar-refractivity contribution in [2.45, 2.75) is 19.8 Å². The van der Waals surface area contributed by atoms with Crippen molar-refractivity contribution < 1.29 is 14.4 Å². The van der Waals surface area contributed by atoms with Crippen molar-refractivity contribution in [1.29, 1.82) is 0 Å². The minimum atomic E-state index is -0.376. The van der Waals surface area contributed by atoms with Crippen LogP contribution in [-0.4, -0.2) is 34.2 Å². The molecular weight excluding hydrogens is 290 g/mol. The summed E-state index contributed by atoms with van der Waals surface area (Å²) in [6.07, 6.45) is 0.385. The Morgan fingerprint density at radius 3 is 2.76 bits per heavy atom. The van der Waals surface area contributed by atoms with Crippen LogP contribution in [0.4, 0.5) is 5.69 Å². The zero-order valence-electron chi connectivity index (χ0n) is 11.4. The monoisotopic (exact) mass is 303 g/mol. The maximum Gasteiger partial charge on any atom is 0.244 e. The van der Waals surface area contributed by atoms with E-state index in [9.17, 15) is 14.4 Å². The number of anilines is 1. The lowest BCUT2D eigenvalue weighted by molar-refractivity contribution is -0.141. The van der Waals surface area contributed by atoms with Gasteiger partial charge in [0.15, 0.2) is 0 Å². The normalized spacial score (nSPS) is 15.0. The largest absolute Gasteiger partial charge is 0.324 e. The van der Waals surface area contributed by atoms with E-state index in [4.69, 9.17) is 0 Å². The first-order chi connectivity index (χ1) is 10.0. The Labute approximate surface area is 124 Å². The number of imide groups is 1. The lowest BCUT2D eigenvalue weighted by Crippen LogP contribution is -2.36. The van der Waals surface area contributed by atoms with Gasteiger partial charge in [0.2, 0.25) is 17.7 Å². The van der Waals surface area contributed by atoms with Crippen LogP contribution in [0.15, 0.2) is 18.2 Å². The van der Waals surface area contributed by atoms with Crippen molar-refractivity contribution in [3.63, 3.8) is 0 Å². The second-order valence-electron chi connectivity index (χ2n) is 4.84. The van der Waals surface area contributed by atoms with Crippen LogP contribution in [0.3, 0.4) is 0 Å². The van der Waals surface area contributed by atoms with E-state index in [2.05, 4.69) is 10.3 Å². The summed E-state index contributed by atoms with van der Waals surface area (Å²) in [6, 6.07) is 5.43. The van der Waals surface area contributed by atoms with Crippen LogP contribution in [0.25, 0.3) is 10.2 Å². The number of aromatic nitrogens is 1. The fourth-order valence-corrected chi connectivity index (χ4v) is 3.13. The van der Waals surface area contributed by atoms with Crippen LogP contribution < -0.4 is 5.32 Å². The van der Waals surface area contributed by atoms with Gasteiger partial charge < -0.3 is 5.32 Å². The van der Waals surface area contributed by atoms with Crippen molar-refractivity contribution in [2.24, 2.45) is 0 Å². The molecule has 108 valence electrons. The number of carbonyl (C=O) groups is 3. The van der Waals surface area contributed by atoms with Crippen molar-refractivity contribution in [1.82, 2.24) is 9.88 Å². The van der Waals surface area contributed by atoms with Crippen LogP contribution in [0.1, 0.15) is 17.8 Å². The maximum absolute atomic E-state index is 11.9. The zero-order valence-corrected chi connectivity index (χ0v) is 12.2.